The normalized spacial score (nSPS) is 21.9. The average molecular weight is 293 g/mol. The second-order valence-corrected chi connectivity index (χ2v) is 6.65. The molecule has 1 N–H and O–H groups in total. The van der Waals surface area contributed by atoms with E-state index in [-0.39, 0.29) is 5.91 Å². The van der Waals surface area contributed by atoms with Gasteiger partial charge in [-0.1, -0.05) is 25.5 Å². The lowest BCUT2D eigenvalue weighted by Crippen LogP contribution is -2.38. The van der Waals surface area contributed by atoms with Gasteiger partial charge in [0.25, 0.3) is 5.91 Å². The van der Waals surface area contributed by atoms with E-state index in [1.165, 1.54) is 12.8 Å². The minimum atomic E-state index is 0.0440. The van der Waals surface area contributed by atoms with Crippen LogP contribution in [0.3, 0.4) is 0 Å². The molecule has 0 heterocycles. The van der Waals surface area contributed by atoms with Crippen molar-refractivity contribution in [1.82, 2.24) is 5.32 Å². The van der Waals surface area contributed by atoms with E-state index in [4.69, 9.17) is 4.74 Å². The first-order chi connectivity index (χ1) is 9.74. The van der Waals surface area contributed by atoms with Gasteiger partial charge in [0, 0.05) is 24.0 Å². The van der Waals surface area contributed by atoms with Crippen LogP contribution in [0.4, 0.5) is 0 Å². The lowest BCUT2D eigenvalue weighted by Gasteiger charge is -2.20. The number of hydrogen-bond donors (Lipinski definition) is 1. The lowest BCUT2D eigenvalue weighted by molar-refractivity contribution is 0.0938. The van der Waals surface area contributed by atoms with Crippen molar-refractivity contribution in [3.8, 4) is 0 Å². The maximum atomic E-state index is 12.3. The quantitative estimate of drug-likeness (QED) is 0.875. The zero-order valence-corrected chi connectivity index (χ0v) is 13.0. The number of thioether (sulfide) groups is 1. The summed E-state index contributed by atoms with van der Waals surface area (Å²) < 4.78 is 5.07. The molecule has 1 aliphatic rings. The monoisotopic (exact) mass is 293 g/mol. The topological polar surface area (TPSA) is 38.3 Å². The molecule has 1 aromatic carbocycles. The molecular formula is C16H23NO2S. The van der Waals surface area contributed by atoms with E-state index in [9.17, 15) is 4.79 Å². The van der Waals surface area contributed by atoms with Crippen molar-refractivity contribution in [3.05, 3.63) is 35.4 Å². The summed E-state index contributed by atoms with van der Waals surface area (Å²) in [6.45, 7) is 2.76. The Balaban J connectivity index is 1.93. The van der Waals surface area contributed by atoms with Crippen molar-refractivity contribution in [2.45, 2.75) is 44.1 Å². The second-order valence-electron chi connectivity index (χ2n) is 5.13. The van der Waals surface area contributed by atoms with Gasteiger partial charge in [0.1, 0.15) is 0 Å². The zero-order valence-electron chi connectivity index (χ0n) is 12.2. The Labute approximate surface area is 125 Å². The van der Waals surface area contributed by atoms with E-state index in [0.29, 0.717) is 17.9 Å². The van der Waals surface area contributed by atoms with Gasteiger partial charge in [-0.25, -0.2) is 0 Å². The molecule has 1 saturated carbocycles. The number of ether oxygens (including phenoxy) is 1. The molecule has 20 heavy (non-hydrogen) atoms. The summed E-state index contributed by atoms with van der Waals surface area (Å²) in [7, 11) is 1.67. The Hall–Kier alpha value is -1.00. The van der Waals surface area contributed by atoms with Gasteiger partial charge < -0.3 is 10.1 Å². The molecule has 0 bridgehead atoms. The number of carbonyl (C=O) groups is 1. The van der Waals surface area contributed by atoms with Gasteiger partial charge >= 0.3 is 0 Å². The van der Waals surface area contributed by atoms with Crippen molar-refractivity contribution in [2.24, 2.45) is 0 Å². The summed E-state index contributed by atoms with van der Waals surface area (Å²) in [6.07, 6.45) is 3.54. The Morgan fingerprint density at radius 1 is 1.35 bits per heavy atom. The molecule has 1 aromatic rings. The van der Waals surface area contributed by atoms with Crippen LogP contribution in [0.25, 0.3) is 0 Å². The van der Waals surface area contributed by atoms with Gasteiger partial charge in [0.2, 0.25) is 0 Å². The number of carbonyl (C=O) groups excluding carboxylic acids is 1. The van der Waals surface area contributed by atoms with Crippen molar-refractivity contribution in [1.29, 1.82) is 0 Å². The molecule has 0 aliphatic heterocycles. The van der Waals surface area contributed by atoms with Crippen LogP contribution in [-0.2, 0) is 11.3 Å². The fourth-order valence-electron chi connectivity index (χ4n) is 2.68. The summed E-state index contributed by atoms with van der Waals surface area (Å²) >= 11 is 1.96. The molecule has 1 aliphatic carbocycles. The van der Waals surface area contributed by atoms with Crippen LogP contribution in [0.15, 0.2) is 24.3 Å². The maximum Gasteiger partial charge on any atom is 0.251 e. The fraction of sp³-hybridized carbons (Fsp3) is 0.562. The third-order valence-corrected chi connectivity index (χ3v) is 5.00. The van der Waals surface area contributed by atoms with Crippen LogP contribution in [-0.4, -0.2) is 30.1 Å². The number of amides is 1. The summed E-state index contributed by atoms with van der Waals surface area (Å²) in [5.41, 5.74) is 1.82. The minimum Gasteiger partial charge on any atom is -0.380 e. The lowest BCUT2D eigenvalue weighted by atomic mass is 10.1. The van der Waals surface area contributed by atoms with E-state index in [0.717, 1.165) is 23.3 Å². The molecule has 0 spiro atoms. The largest absolute Gasteiger partial charge is 0.380 e. The highest BCUT2D eigenvalue weighted by Gasteiger charge is 2.28. The van der Waals surface area contributed by atoms with Gasteiger partial charge in [-0.05, 0) is 36.3 Å². The third kappa shape index (κ3) is 4.00. The third-order valence-electron chi connectivity index (χ3n) is 3.68. The first-order valence-corrected chi connectivity index (χ1v) is 8.29. The van der Waals surface area contributed by atoms with Crippen molar-refractivity contribution < 1.29 is 9.53 Å². The van der Waals surface area contributed by atoms with Crippen LogP contribution in [0.1, 0.15) is 42.1 Å². The molecule has 2 rings (SSSR count). The number of nitrogens with one attached hydrogen (secondary N) is 1. The van der Waals surface area contributed by atoms with Gasteiger partial charge in [0.15, 0.2) is 0 Å². The first-order valence-electron chi connectivity index (χ1n) is 7.25. The highest BCUT2D eigenvalue weighted by atomic mass is 32.2. The number of benzene rings is 1. The Morgan fingerprint density at radius 2 is 2.10 bits per heavy atom. The maximum absolute atomic E-state index is 12.3. The van der Waals surface area contributed by atoms with E-state index >= 15 is 0 Å². The fourth-order valence-corrected chi connectivity index (χ4v) is 3.87. The SMILES string of the molecule is CCS[C@H]1CCC[C@@H]1NC(=O)c1ccc(COC)cc1. The average Bonchev–Trinajstić information content (AvgIpc) is 2.88. The number of rotatable bonds is 6. The van der Waals surface area contributed by atoms with Crippen LogP contribution >= 0.6 is 11.8 Å². The Kier molecular flexibility index (Phi) is 5.92. The van der Waals surface area contributed by atoms with E-state index in [1.807, 2.05) is 36.0 Å². The second kappa shape index (κ2) is 7.70. The predicted octanol–water partition coefficient (Wildman–Crippen LogP) is 3.24. The van der Waals surface area contributed by atoms with Gasteiger partial charge in [0.05, 0.1) is 6.61 Å². The van der Waals surface area contributed by atoms with Crippen LogP contribution in [0, 0.1) is 0 Å². The van der Waals surface area contributed by atoms with Gasteiger partial charge in [-0.2, -0.15) is 11.8 Å². The summed E-state index contributed by atoms with van der Waals surface area (Å²) in [6, 6.07) is 7.98. The van der Waals surface area contributed by atoms with Crippen molar-refractivity contribution >= 4 is 17.7 Å². The first kappa shape index (κ1) is 15.4. The van der Waals surface area contributed by atoms with Crippen LogP contribution in [0.2, 0.25) is 0 Å². The molecule has 110 valence electrons. The van der Waals surface area contributed by atoms with E-state index < -0.39 is 0 Å². The predicted molar refractivity (Wildman–Crippen MR) is 84.2 cm³/mol. The molecule has 0 radical (unpaired) electrons. The number of methoxy groups -OCH3 is 1. The van der Waals surface area contributed by atoms with Gasteiger partial charge in [-0.15, -0.1) is 0 Å². The summed E-state index contributed by atoms with van der Waals surface area (Å²) in [5.74, 6) is 1.16. The highest BCUT2D eigenvalue weighted by Crippen LogP contribution is 2.30. The van der Waals surface area contributed by atoms with E-state index in [2.05, 4.69) is 12.2 Å². The van der Waals surface area contributed by atoms with Crippen molar-refractivity contribution in [3.63, 3.8) is 0 Å². The van der Waals surface area contributed by atoms with Crippen LogP contribution < -0.4 is 5.32 Å². The zero-order chi connectivity index (χ0) is 14.4. The van der Waals surface area contributed by atoms with E-state index in [1.54, 1.807) is 7.11 Å². The molecule has 4 heteroatoms. The molecule has 2 atom stereocenters. The molecule has 1 amide bonds. The minimum absolute atomic E-state index is 0.0440. The molecule has 3 nitrogen and oxygen atoms in total. The van der Waals surface area contributed by atoms with Crippen LogP contribution in [0.5, 0.6) is 0 Å². The summed E-state index contributed by atoms with van der Waals surface area (Å²) in [4.78, 5) is 12.3. The summed E-state index contributed by atoms with van der Waals surface area (Å²) in [5, 5.41) is 3.77. The number of hydrogen-bond acceptors (Lipinski definition) is 3. The molecule has 1 fully saturated rings. The Morgan fingerprint density at radius 3 is 2.75 bits per heavy atom. The molecule has 0 unspecified atom stereocenters. The molecule has 0 saturated heterocycles. The highest BCUT2D eigenvalue weighted by molar-refractivity contribution is 7.99. The van der Waals surface area contributed by atoms with Gasteiger partial charge in [-0.3, -0.25) is 4.79 Å². The smallest absolute Gasteiger partial charge is 0.251 e. The Bertz CT molecular complexity index is 433. The van der Waals surface area contributed by atoms with Crippen molar-refractivity contribution in [2.75, 3.05) is 12.9 Å². The molecule has 0 aromatic heterocycles. The standard InChI is InChI=1S/C16H23NO2S/c1-3-20-15-6-4-5-14(15)17-16(18)13-9-7-12(8-10-13)11-19-2/h7-10,14-15H,3-6,11H2,1-2H3,(H,17,18)/t14-,15-/m0/s1. The molecular weight excluding hydrogens is 270 g/mol.